The maximum atomic E-state index is 13.7. The zero-order valence-corrected chi connectivity index (χ0v) is 19.7. The molecule has 1 amide bonds. The summed E-state index contributed by atoms with van der Waals surface area (Å²) in [5.41, 5.74) is 2.42. The summed E-state index contributed by atoms with van der Waals surface area (Å²) in [5.74, 6) is -0.232. The van der Waals surface area contributed by atoms with Gasteiger partial charge < -0.3 is 5.32 Å². The summed E-state index contributed by atoms with van der Waals surface area (Å²) >= 11 is 0. The van der Waals surface area contributed by atoms with Crippen LogP contribution in [0.15, 0.2) is 72.2 Å². The van der Waals surface area contributed by atoms with Crippen LogP contribution in [0.3, 0.4) is 0 Å². The van der Waals surface area contributed by atoms with Crippen molar-refractivity contribution in [3.63, 3.8) is 0 Å². The van der Waals surface area contributed by atoms with Crippen molar-refractivity contribution in [3.8, 4) is 0 Å². The fourth-order valence-electron chi connectivity index (χ4n) is 4.09. The van der Waals surface area contributed by atoms with E-state index in [-0.39, 0.29) is 11.4 Å². The van der Waals surface area contributed by atoms with Gasteiger partial charge in [-0.05, 0) is 24.0 Å². The maximum absolute atomic E-state index is 13.7. The number of fused-ring (bicyclic) bond motifs is 1. The number of benzene rings is 2. The van der Waals surface area contributed by atoms with Crippen LogP contribution >= 0.6 is 0 Å². The van der Waals surface area contributed by atoms with Crippen molar-refractivity contribution in [1.29, 1.82) is 0 Å². The molecule has 1 heterocycles. The fourth-order valence-corrected chi connectivity index (χ4v) is 5.82. The number of carbonyl (C=O) groups is 1. The van der Waals surface area contributed by atoms with E-state index in [1.54, 1.807) is 12.1 Å². The number of carbonyl (C=O) groups excluding carboxylic acids is 1. The van der Waals surface area contributed by atoms with Gasteiger partial charge in [-0.3, -0.25) is 9.10 Å². The highest BCUT2D eigenvalue weighted by Gasteiger charge is 2.40. The number of rotatable bonds is 10. The van der Waals surface area contributed by atoms with Gasteiger partial charge in [-0.25, -0.2) is 8.42 Å². The highest BCUT2D eigenvalue weighted by atomic mass is 32.2. The summed E-state index contributed by atoms with van der Waals surface area (Å²) in [5, 5.41) is 2.93. The van der Waals surface area contributed by atoms with Gasteiger partial charge in [0.2, 0.25) is 0 Å². The standard InChI is InChI=1S/C26H32N2O3S/c1-4-7-13-20(6-3)19-27-26(29)25-24(21-14-9-8-10-15-21)22-16-11-12-17-23(22)28(18-5-2)32(25,30)31/h5,8-12,14-17,20H,2,4,6-7,13,18-19H2,1,3H3,(H,27,29). The zero-order valence-electron chi connectivity index (χ0n) is 18.9. The van der Waals surface area contributed by atoms with Crippen LogP contribution in [0.25, 0.3) is 5.57 Å². The number of hydrogen-bond donors (Lipinski definition) is 1. The Labute approximate surface area is 191 Å². The van der Waals surface area contributed by atoms with Gasteiger partial charge in [0.05, 0.1) is 12.2 Å². The molecular formula is C26H32N2O3S. The minimum absolute atomic E-state index is 0.0896. The predicted molar refractivity (Wildman–Crippen MR) is 132 cm³/mol. The molecule has 3 rings (SSSR count). The molecule has 0 saturated heterocycles. The van der Waals surface area contributed by atoms with Crippen molar-refractivity contribution in [2.24, 2.45) is 5.92 Å². The number of nitrogens with one attached hydrogen (secondary N) is 1. The molecule has 0 radical (unpaired) electrons. The van der Waals surface area contributed by atoms with Crippen LogP contribution in [0, 0.1) is 5.92 Å². The third-order valence-corrected chi connectivity index (χ3v) is 7.71. The van der Waals surface area contributed by atoms with Crippen LogP contribution in [0.2, 0.25) is 0 Å². The molecule has 2 aromatic carbocycles. The van der Waals surface area contributed by atoms with Crippen LogP contribution in [-0.4, -0.2) is 27.4 Å². The van der Waals surface area contributed by atoms with E-state index < -0.39 is 15.9 Å². The van der Waals surface area contributed by atoms with Gasteiger partial charge in [0.1, 0.15) is 0 Å². The molecule has 1 N–H and O–H groups in total. The van der Waals surface area contributed by atoms with Crippen LogP contribution in [-0.2, 0) is 14.8 Å². The van der Waals surface area contributed by atoms with Gasteiger partial charge >= 0.3 is 0 Å². The van der Waals surface area contributed by atoms with Crippen LogP contribution in [0.5, 0.6) is 0 Å². The molecule has 5 nitrogen and oxygen atoms in total. The van der Waals surface area contributed by atoms with E-state index in [1.807, 2.05) is 42.5 Å². The van der Waals surface area contributed by atoms with E-state index in [4.69, 9.17) is 0 Å². The summed E-state index contributed by atoms with van der Waals surface area (Å²) in [7, 11) is -4.08. The second kappa shape index (κ2) is 10.6. The smallest absolute Gasteiger partial charge is 0.270 e. The monoisotopic (exact) mass is 452 g/mol. The molecular weight excluding hydrogens is 420 g/mol. The van der Waals surface area contributed by atoms with E-state index in [9.17, 15) is 13.2 Å². The first-order valence-electron chi connectivity index (χ1n) is 11.3. The number of amides is 1. The maximum Gasteiger partial charge on any atom is 0.270 e. The second-order valence-corrected chi connectivity index (χ2v) is 9.84. The van der Waals surface area contributed by atoms with Crippen molar-refractivity contribution >= 4 is 27.2 Å². The number of sulfonamides is 1. The van der Waals surface area contributed by atoms with Crippen molar-refractivity contribution in [3.05, 3.63) is 83.3 Å². The van der Waals surface area contributed by atoms with Crippen molar-refractivity contribution in [2.75, 3.05) is 17.4 Å². The average Bonchev–Trinajstić information content (AvgIpc) is 2.81. The fraction of sp³-hybridized carbons (Fsp3) is 0.346. The number of hydrogen-bond acceptors (Lipinski definition) is 3. The molecule has 1 unspecified atom stereocenters. The molecule has 1 atom stereocenters. The van der Waals surface area contributed by atoms with E-state index in [0.717, 1.165) is 31.2 Å². The third-order valence-electron chi connectivity index (χ3n) is 5.88. The first-order chi connectivity index (χ1) is 15.5. The van der Waals surface area contributed by atoms with Gasteiger partial charge in [0.25, 0.3) is 15.9 Å². The van der Waals surface area contributed by atoms with Crippen LogP contribution in [0.4, 0.5) is 5.69 Å². The highest BCUT2D eigenvalue weighted by Crippen LogP contribution is 2.42. The van der Waals surface area contributed by atoms with Crippen LogP contribution in [0.1, 0.15) is 50.7 Å². The lowest BCUT2D eigenvalue weighted by atomic mass is 9.95. The quantitative estimate of drug-likeness (QED) is 0.509. The molecule has 1 aliphatic rings. The van der Waals surface area contributed by atoms with Gasteiger partial charge in [-0.2, -0.15) is 0 Å². The summed E-state index contributed by atoms with van der Waals surface area (Å²) in [6.07, 6.45) is 5.66. The number of anilines is 1. The average molecular weight is 453 g/mol. The minimum atomic E-state index is -4.08. The highest BCUT2D eigenvalue weighted by molar-refractivity contribution is 7.97. The molecule has 0 saturated carbocycles. The summed E-state index contributed by atoms with van der Waals surface area (Å²) in [6.45, 7) is 8.50. The summed E-state index contributed by atoms with van der Waals surface area (Å²) < 4.78 is 28.7. The largest absolute Gasteiger partial charge is 0.351 e. The van der Waals surface area contributed by atoms with E-state index in [2.05, 4.69) is 25.7 Å². The molecule has 0 aromatic heterocycles. The topological polar surface area (TPSA) is 66.5 Å². The Hall–Kier alpha value is -2.86. The lowest BCUT2D eigenvalue weighted by molar-refractivity contribution is -0.117. The number of nitrogens with zero attached hydrogens (tertiary/aromatic N) is 1. The Morgan fingerprint density at radius 2 is 1.78 bits per heavy atom. The normalized spacial score (nSPS) is 15.8. The molecule has 2 aromatic rings. The molecule has 0 fully saturated rings. The SMILES string of the molecule is C=CCN1c2ccccc2C(c2ccccc2)=C(C(=O)NCC(CC)CCCC)S1(=O)=O. The van der Waals surface area contributed by atoms with Crippen molar-refractivity contribution in [2.45, 2.75) is 39.5 Å². The molecule has 6 heteroatoms. The molecule has 170 valence electrons. The Kier molecular flexibility index (Phi) is 7.91. The van der Waals surface area contributed by atoms with Gasteiger partial charge in [0.15, 0.2) is 4.91 Å². The molecule has 0 bridgehead atoms. The first-order valence-corrected chi connectivity index (χ1v) is 12.7. The van der Waals surface area contributed by atoms with E-state index in [1.165, 1.54) is 10.4 Å². The first kappa shape index (κ1) is 23.8. The second-order valence-electron chi connectivity index (χ2n) is 8.04. The molecule has 1 aliphatic heterocycles. The third kappa shape index (κ3) is 4.80. The van der Waals surface area contributed by atoms with Gasteiger partial charge in [0, 0.05) is 17.7 Å². The Balaban J connectivity index is 2.14. The van der Waals surface area contributed by atoms with Crippen molar-refractivity contribution in [1.82, 2.24) is 5.32 Å². The van der Waals surface area contributed by atoms with Crippen molar-refractivity contribution < 1.29 is 13.2 Å². The Morgan fingerprint density at radius 1 is 1.09 bits per heavy atom. The Morgan fingerprint density at radius 3 is 2.44 bits per heavy atom. The minimum Gasteiger partial charge on any atom is -0.351 e. The zero-order chi connectivity index (χ0) is 23.1. The lowest BCUT2D eigenvalue weighted by Gasteiger charge is -2.33. The predicted octanol–water partition coefficient (Wildman–Crippen LogP) is 5.11. The summed E-state index contributed by atoms with van der Waals surface area (Å²) in [6, 6.07) is 16.6. The van der Waals surface area contributed by atoms with Crippen LogP contribution < -0.4 is 9.62 Å². The van der Waals surface area contributed by atoms with E-state index in [0.29, 0.717) is 29.3 Å². The number of para-hydroxylation sites is 1. The molecule has 0 spiro atoms. The van der Waals surface area contributed by atoms with Gasteiger partial charge in [-0.1, -0.05) is 87.7 Å². The summed E-state index contributed by atoms with van der Waals surface area (Å²) in [4.78, 5) is 13.3. The molecule has 32 heavy (non-hydrogen) atoms. The number of unbranched alkanes of at least 4 members (excludes halogenated alkanes) is 1. The Bertz CT molecular complexity index is 1090. The lowest BCUT2D eigenvalue weighted by Crippen LogP contribution is -2.42. The van der Waals surface area contributed by atoms with E-state index >= 15 is 0 Å². The van der Waals surface area contributed by atoms with Gasteiger partial charge in [-0.15, -0.1) is 6.58 Å². The molecule has 0 aliphatic carbocycles.